The molecular formula is C11H19NO3. The summed E-state index contributed by atoms with van der Waals surface area (Å²) < 4.78 is 5.29. The topological polar surface area (TPSA) is 49.8 Å². The van der Waals surface area contributed by atoms with E-state index < -0.39 is 0 Å². The average Bonchev–Trinajstić information content (AvgIpc) is 2.65. The van der Waals surface area contributed by atoms with Crippen molar-refractivity contribution in [1.82, 2.24) is 4.90 Å². The van der Waals surface area contributed by atoms with Crippen LogP contribution in [0.1, 0.15) is 19.3 Å². The van der Waals surface area contributed by atoms with Crippen molar-refractivity contribution in [3.63, 3.8) is 0 Å². The van der Waals surface area contributed by atoms with E-state index >= 15 is 0 Å². The summed E-state index contributed by atoms with van der Waals surface area (Å²) in [5, 5.41) is 9.43. The lowest BCUT2D eigenvalue weighted by atomic mass is 9.81. The van der Waals surface area contributed by atoms with Gasteiger partial charge >= 0.3 is 0 Å². The molecule has 4 nitrogen and oxygen atoms in total. The zero-order valence-electron chi connectivity index (χ0n) is 9.02. The van der Waals surface area contributed by atoms with E-state index in [4.69, 9.17) is 4.74 Å². The number of nitrogens with zero attached hydrogens (tertiary/aromatic N) is 1. The third-order valence-corrected chi connectivity index (χ3v) is 3.52. The first-order valence-electron chi connectivity index (χ1n) is 5.69. The first-order valence-corrected chi connectivity index (χ1v) is 5.69. The van der Waals surface area contributed by atoms with Gasteiger partial charge in [-0.05, 0) is 19.3 Å². The van der Waals surface area contributed by atoms with Crippen LogP contribution in [0.25, 0.3) is 0 Å². The second kappa shape index (κ2) is 4.60. The Hall–Kier alpha value is -0.450. The van der Waals surface area contributed by atoms with Crippen LogP contribution in [0.4, 0.5) is 0 Å². The minimum Gasteiger partial charge on any atom is -0.392 e. The van der Waals surface area contributed by atoms with Crippen LogP contribution in [-0.2, 0) is 9.53 Å². The second-order valence-corrected chi connectivity index (χ2v) is 4.77. The average molecular weight is 213 g/mol. The Bertz CT molecular complexity index is 226. The summed E-state index contributed by atoms with van der Waals surface area (Å²) >= 11 is 0. The summed E-state index contributed by atoms with van der Waals surface area (Å²) in [4.78, 5) is 13.4. The molecule has 0 radical (unpaired) electrons. The summed E-state index contributed by atoms with van der Waals surface area (Å²) in [5.74, 6) is 0. The lowest BCUT2D eigenvalue weighted by molar-refractivity contribution is -0.122. The quantitative estimate of drug-likeness (QED) is 0.673. The van der Waals surface area contributed by atoms with E-state index in [2.05, 4.69) is 4.90 Å². The van der Waals surface area contributed by atoms with Crippen LogP contribution in [0, 0.1) is 5.41 Å². The Balaban J connectivity index is 1.92. The van der Waals surface area contributed by atoms with Gasteiger partial charge in [0.1, 0.15) is 6.29 Å². The van der Waals surface area contributed by atoms with Crippen molar-refractivity contribution in [2.45, 2.75) is 25.4 Å². The smallest absolute Gasteiger partial charge is 0.127 e. The molecule has 4 heteroatoms. The maximum absolute atomic E-state index is 11.2. The molecule has 15 heavy (non-hydrogen) atoms. The highest BCUT2D eigenvalue weighted by molar-refractivity contribution is 5.60. The van der Waals surface area contributed by atoms with Crippen LogP contribution in [-0.4, -0.2) is 55.2 Å². The van der Waals surface area contributed by atoms with Crippen LogP contribution < -0.4 is 0 Å². The maximum Gasteiger partial charge on any atom is 0.127 e. The molecule has 0 aromatic heterocycles. The molecule has 0 amide bonds. The molecule has 0 spiro atoms. The molecule has 1 unspecified atom stereocenters. The fraction of sp³-hybridized carbons (Fsp3) is 0.909. The monoisotopic (exact) mass is 213 g/mol. The molecule has 0 saturated carbocycles. The van der Waals surface area contributed by atoms with Gasteiger partial charge in [-0.15, -0.1) is 0 Å². The SMILES string of the molecule is O=CC1(CN2CCC(O)C2)CCOCC1. The predicted molar refractivity (Wildman–Crippen MR) is 55.6 cm³/mol. The number of hydrogen-bond donors (Lipinski definition) is 1. The minimum absolute atomic E-state index is 0.200. The molecule has 2 rings (SSSR count). The van der Waals surface area contributed by atoms with Crippen molar-refractivity contribution < 1.29 is 14.6 Å². The number of carbonyl (C=O) groups excluding carboxylic acids is 1. The fourth-order valence-corrected chi connectivity index (χ4v) is 2.49. The van der Waals surface area contributed by atoms with Crippen molar-refractivity contribution in [1.29, 1.82) is 0 Å². The fourth-order valence-electron chi connectivity index (χ4n) is 2.49. The van der Waals surface area contributed by atoms with E-state index in [9.17, 15) is 9.90 Å². The van der Waals surface area contributed by atoms with Crippen molar-refractivity contribution in [3.8, 4) is 0 Å². The molecule has 0 aliphatic carbocycles. The van der Waals surface area contributed by atoms with E-state index in [1.165, 1.54) is 0 Å². The van der Waals surface area contributed by atoms with Gasteiger partial charge < -0.3 is 14.6 Å². The van der Waals surface area contributed by atoms with Crippen molar-refractivity contribution in [2.24, 2.45) is 5.41 Å². The number of aliphatic hydroxyl groups is 1. The Morgan fingerprint density at radius 3 is 2.73 bits per heavy atom. The zero-order chi connectivity index (χ0) is 10.7. The van der Waals surface area contributed by atoms with E-state index in [-0.39, 0.29) is 11.5 Å². The van der Waals surface area contributed by atoms with Crippen molar-refractivity contribution in [3.05, 3.63) is 0 Å². The van der Waals surface area contributed by atoms with Crippen LogP contribution in [0.15, 0.2) is 0 Å². The number of likely N-dealkylation sites (tertiary alicyclic amines) is 1. The number of rotatable bonds is 3. The Morgan fingerprint density at radius 2 is 2.20 bits per heavy atom. The molecule has 2 heterocycles. The number of ether oxygens (including phenoxy) is 1. The highest BCUT2D eigenvalue weighted by atomic mass is 16.5. The van der Waals surface area contributed by atoms with Crippen LogP contribution in [0.5, 0.6) is 0 Å². The minimum atomic E-state index is -0.220. The van der Waals surface area contributed by atoms with Gasteiger partial charge in [0.05, 0.1) is 6.10 Å². The van der Waals surface area contributed by atoms with Gasteiger partial charge in [0.15, 0.2) is 0 Å². The number of hydrogen-bond acceptors (Lipinski definition) is 4. The summed E-state index contributed by atoms with van der Waals surface area (Å²) in [6.45, 7) is 3.80. The number of aldehydes is 1. The van der Waals surface area contributed by atoms with Crippen molar-refractivity contribution >= 4 is 6.29 Å². The van der Waals surface area contributed by atoms with Gasteiger partial charge in [-0.3, -0.25) is 4.90 Å². The molecule has 1 atom stereocenters. The van der Waals surface area contributed by atoms with Crippen LogP contribution in [0.3, 0.4) is 0 Å². The number of aliphatic hydroxyl groups excluding tert-OH is 1. The normalized spacial score (nSPS) is 31.7. The van der Waals surface area contributed by atoms with Crippen LogP contribution in [0.2, 0.25) is 0 Å². The highest BCUT2D eigenvalue weighted by Gasteiger charge is 2.35. The molecule has 2 aliphatic heterocycles. The molecule has 0 aromatic carbocycles. The van der Waals surface area contributed by atoms with E-state index in [0.717, 1.165) is 45.2 Å². The Kier molecular flexibility index (Phi) is 3.38. The largest absolute Gasteiger partial charge is 0.392 e. The first kappa shape index (κ1) is 11.0. The third-order valence-electron chi connectivity index (χ3n) is 3.52. The highest BCUT2D eigenvalue weighted by Crippen LogP contribution is 2.30. The predicted octanol–water partition coefficient (Wildman–Crippen LogP) is 0.0487. The van der Waals surface area contributed by atoms with Gasteiger partial charge in [-0.2, -0.15) is 0 Å². The van der Waals surface area contributed by atoms with Gasteiger partial charge in [0, 0.05) is 38.3 Å². The molecule has 0 bridgehead atoms. The Labute approximate surface area is 90.2 Å². The third kappa shape index (κ3) is 2.56. The zero-order valence-corrected chi connectivity index (χ0v) is 9.02. The molecule has 2 fully saturated rings. The Morgan fingerprint density at radius 1 is 1.47 bits per heavy atom. The summed E-state index contributed by atoms with van der Waals surface area (Å²) in [7, 11) is 0. The van der Waals surface area contributed by atoms with Gasteiger partial charge in [-0.1, -0.05) is 0 Å². The van der Waals surface area contributed by atoms with Gasteiger partial charge in [0.25, 0.3) is 0 Å². The molecular weight excluding hydrogens is 194 g/mol. The molecule has 86 valence electrons. The summed E-state index contributed by atoms with van der Waals surface area (Å²) in [6, 6.07) is 0. The number of β-amino-alcohol motifs (C(OH)–C–C–N with tert-alkyl or cyclic N) is 1. The molecule has 2 aliphatic rings. The molecule has 1 N–H and O–H groups in total. The second-order valence-electron chi connectivity index (χ2n) is 4.77. The van der Waals surface area contributed by atoms with Crippen molar-refractivity contribution in [2.75, 3.05) is 32.8 Å². The molecule has 0 aromatic rings. The maximum atomic E-state index is 11.2. The van der Waals surface area contributed by atoms with E-state index in [0.29, 0.717) is 13.2 Å². The van der Waals surface area contributed by atoms with Gasteiger partial charge in [-0.25, -0.2) is 0 Å². The number of carbonyl (C=O) groups is 1. The summed E-state index contributed by atoms with van der Waals surface area (Å²) in [5.41, 5.74) is -0.220. The van der Waals surface area contributed by atoms with Crippen LogP contribution >= 0.6 is 0 Å². The lowest BCUT2D eigenvalue weighted by Gasteiger charge is -2.35. The van der Waals surface area contributed by atoms with E-state index in [1.54, 1.807) is 0 Å². The standard InChI is InChI=1S/C11H19NO3/c13-9-11(2-5-15-6-3-11)8-12-4-1-10(14)7-12/h9-10,14H,1-8H2. The van der Waals surface area contributed by atoms with Gasteiger partial charge in [0.2, 0.25) is 0 Å². The lowest BCUT2D eigenvalue weighted by Crippen LogP contribution is -2.42. The molecule has 2 saturated heterocycles. The summed E-state index contributed by atoms with van der Waals surface area (Å²) in [6.07, 6.45) is 3.38. The first-order chi connectivity index (χ1) is 7.24. The van der Waals surface area contributed by atoms with E-state index in [1.807, 2.05) is 0 Å².